The Bertz CT molecular complexity index is 2800. The second-order valence-corrected chi connectivity index (χ2v) is 15.0. The van der Waals surface area contributed by atoms with E-state index in [9.17, 15) is 58.0 Å². The molecule has 0 bridgehead atoms. The molecule has 6 rings (SSSR count). The van der Waals surface area contributed by atoms with Crippen molar-refractivity contribution < 1.29 is 72.6 Å². The summed E-state index contributed by atoms with van der Waals surface area (Å²) >= 11 is 0. The number of aliphatic hydroxyl groups is 4. The molecule has 5 amide bonds. The van der Waals surface area contributed by atoms with Gasteiger partial charge in [-0.25, -0.2) is 23.5 Å². The number of carbonyl (C=O) groups excluding carboxylic acids is 5. The summed E-state index contributed by atoms with van der Waals surface area (Å²) in [5, 5.41) is 49.9. The van der Waals surface area contributed by atoms with Gasteiger partial charge in [-0.1, -0.05) is 0 Å². The third-order valence-electron chi connectivity index (χ3n) is 9.50. The van der Waals surface area contributed by atoms with Crippen molar-refractivity contribution in [2.24, 2.45) is 28.7 Å². The van der Waals surface area contributed by atoms with Gasteiger partial charge in [0.15, 0.2) is 0 Å². The number of aromatic carboxylic acids is 1. The zero-order chi connectivity index (χ0) is 52.4. The van der Waals surface area contributed by atoms with Crippen molar-refractivity contribution in [1.82, 2.24) is 15.3 Å². The van der Waals surface area contributed by atoms with Crippen LogP contribution in [0.5, 0.6) is 23.0 Å². The predicted molar refractivity (Wildman–Crippen MR) is 249 cm³/mol. The van der Waals surface area contributed by atoms with Crippen LogP contribution < -0.4 is 43.5 Å². The minimum Gasteiger partial charge on any atom is -0.477 e. The molecule has 0 saturated carbocycles. The minimum atomic E-state index is -1.35. The molecule has 0 radical (unpaired) electrons. The molecular weight excluding hydrogens is 935 g/mol. The Morgan fingerprint density at radius 2 is 0.915 bits per heavy atom. The van der Waals surface area contributed by atoms with Gasteiger partial charge >= 0.3 is 5.97 Å². The summed E-state index contributed by atoms with van der Waals surface area (Å²) in [5.74, 6) is -4.07. The van der Waals surface area contributed by atoms with Gasteiger partial charge in [0.05, 0.1) is 43.5 Å². The van der Waals surface area contributed by atoms with E-state index in [0.717, 1.165) is 0 Å². The van der Waals surface area contributed by atoms with E-state index < -0.39 is 79.4 Å². The van der Waals surface area contributed by atoms with Crippen LogP contribution in [0, 0.1) is 11.6 Å². The van der Waals surface area contributed by atoms with E-state index in [1.54, 1.807) is 48.5 Å². The monoisotopic (exact) mass is 982 g/mol. The highest BCUT2D eigenvalue weighted by atomic mass is 19.1. The van der Waals surface area contributed by atoms with E-state index in [1.807, 2.05) is 0 Å². The van der Waals surface area contributed by atoms with Crippen LogP contribution in [0.1, 0.15) is 57.2 Å². The van der Waals surface area contributed by atoms with E-state index in [-0.39, 0.29) is 46.3 Å². The molecule has 0 aliphatic heterocycles. The Hall–Kier alpha value is -8.74. The number of aromatic nitrogens is 2. The Kier molecular flexibility index (Phi) is 20.2. The molecule has 23 heteroatoms. The number of carboxylic acid groups (broad SMARTS) is 1. The number of aliphatic hydroxyl groups excluding tert-OH is 4. The lowest BCUT2D eigenvalue weighted by atomic mass is 10.0. The van der Waals surface area contributed by atoms with Gasteiger partial charge in [-0.15, -0.1) is 0 Å². The molecule has 2 heterocycles. The number of primary amides is 4. The van der Waals surface area contributed by atoms with E-state index in [2.05, 4.69) is 15.3 Å². The zero-order valence-corrected chi connectivity index (χ0v) is 37.2. The Balaban J connectivity index is 0.000000269. The SMILES string of the molecule is NC(=O)C[C@H](N)C(N)=O.NC(=O)C[C@H](NC(=O)c1cc([C@H](O)CO)cc(-c2ccc(Oc3ccc(F)cc3)cc2)n1)C(N)=O.O=C(O)c1cc([C@H](O)CO)cc(-c2ccc(Oc3ccc(F)cc3)cc2)n1. The van der Waals surface area contributed by atoms with E-state index in [0.29, 0.717) is 39.8 Å². The van der Waals surface area contributed by atoms with Crippen molar-refractivity contribution in [3.05, 3.63) is 155 Å². The highest BCUT2D eigenvalue weighted by Gasteiger charge is 2.24. The molecule has 16 N–H and O–H groups in total. The van der Waals surface area contributed by atoms with Crippen LogP contribution in [-0.2, 0) is 19.2 Å². The van der Waals surface area contributed by atoms with Crippen molar-refractivity contribution >= 4 is 35.5 Å². The first-order valence-electron chi connectivity index (χ1n) is 20.8. The number of carboxylic acids is 1. The third-order valence-corrected chi connectivity index (χ3v) is 9.50. The van der Waals surface area contributed by atoms with Gasteiger partial charge in [0.1, 0.15) is 64.3 Å². The second-order valence-electron chi connectivity index (χ2n) is 15.0. The summed E-state index contributed by atoms with van der Waals surface area (Å²) < 4.78 is 37.3. The highest BCUT2D eigenvalue weighted by molar-refractivity contribution is 5.98. The Labute approximate surface area is 402 Å². The van der Waals surface area contributed by atoms with Crippen molar-refractivity contribution in [2.75, 3.05) is 13.2 Å². The topological polar surface area (TPSA) is 390 Å². The first-order valence-corrected chi connectivity index (χ1v) is 20.8. The molecule has 2 aromatic heterocycles. The quantitative estimate of drug-likeness (QED) is 0.0554. The maximum atomic E-state index is 13.1. The van der Waals surface area contributed by atoms with Gasteiger partial charge in [0, 0.05) is 11.1 Å². The summed E-state index contributed by atoms with van der Waals surface area (Å²) in [6, 6.07) is 27.5. The summed E-state index contributed by atoms with van der Waals surface area (Å²) in [7, 11) is 0. The number of amides is 5. The molecule has 0 unspecified atom stereocenters. The van der Waals surface area contributed by atoms with Gasteiger partial charge < -0.3 is 69.0 Å². The van der Waals surface area contributed by atoms with Crippen LogP contribution in [0.25, 0.3) is 22.5 Å². The highest BCUT2D eigenvalue weighted by Crippen LogP contribution is 2.29. The summed E-state index contributed by atoms with van der Waals surface area (Å²) in [6.07, 6.45) is -3.19. The van der Waals surface area contributed by atoms with Crippen LogP contribution >= 0.6 is 0 Å². The molecule has 0 aliphatic carbocycles. The molecule has 372 valence electrons. The average molecular weight is 983 g/mol. The molecule has 71 heavy (non-hydrogen) atoms. The lowest BCUT2D eigenvalue weighted by Gasteiger charge is -2.16. The summed E-state index contributed by atoms with van der Waals surface area (Å²) in [5.41, 5.74) is 26.6. The number of nitrogens with zero attached hydrogens (tertiary/aromatic N) is 2. The maximum absolute atomic E-state index is 13.1. The smallest absolute Gasteiger partial charge is 0.354 e. The predicted octanol–water partition coefficient (Wildman–Crippen LogP) is 2.24. The van der Waals surface area contributed by atoms with Gasteiger partial charge in [-0.05, 0) is 132 Å². The van der Waals surface area contributed by atoms with Gasteiger partial charge in [-0.2, -0.15) is 0 Å². The molecule has 0 saturated heterocycles. The Morgan fingerprint density at radius 3 is 1.24 bits per heavy atom. The average Bonchev–Trinajstić information content (AvgIpc) is 3.34. The van der Waals surface area contributed by atoms with Crippen molar-refractivity contribution in [3.8, 4) is 45.5 Å². The maximum Gasteiger partial charge on any atom is 0.354 e. The standard InChI is InChI=1S/C24H23FN4O6.C20H16FNO5.C4H9N3O2/c25-15-3-7-17(8-4-15)35-16-5-1-13(2-6-16)18-9-14(21(31)12-30)10-20(28-18)24(34)29-19(23(27)33)11-22(26)32;21-14-3-7-16(8-4-14)27-15-5-1-12(2-6-15)17-9-13(19(24)11-23)10-18(22-17)20(25)26;5-2(4(7)9)1-3(6)8/h1-10,19,21,30-31H,11-12H2,(H2,26,32)(H2,27,33)(H,29,34);1-10,19,23-24H,11H2,(H,25,26);2H,1,5H2,(H2,6,8)(H2,7,9)/t19-,21+;19-;2-/m010/s1. The number of carbonyl (C=O) groups is 6. The molecule has 6 aromatic rings. The zero-order valence-electron chi connectivity index (χ0n) is 37.2. The van der Waals surface area contributed by atoms with E-state index in [1.165, 1.54) is 72.8 Å². The molecule has 4 aromatic carbocycles. The van der Waals surface area contributed by atoms with E-state index >= 15 is 0 Å². The number of rotatable bonds is 19. The van der Waals surface area contributed by atoms with Crippen molar-refractivity contribution in [2.45, 2.75) is 37.1 Å². The minimum absolute atomic E-state index is 0.185. The molecule has 21 nitrogen and oxygen atoms in total. The van der Waals surface area contributed by atoms with Gasteiger partial charge in [0.25, 0.3) is 5.91 Å². The van der Waals surface area contributed by atoms with Gasteiger partial charge in [-0.3, -0.25) is 24.0 Å². The van der Waals surface area contributed by atoms with Gasteiger partial charge in [0.2, 0.25) is 23.6 Å². The lowest BCUT2D eigenvalue weighted by Crippen LogP contribution is -2.46. The molecule has 0 aliphatic rings. The molecule has 0 spiro atoms. The number of ether oxygens (including phenoxy) is 2. The molecule has 4 atom stereocenters. The van der Waals surface area contributed by atoms with Crippen molar-refractivity contribution in [3.63, 3.8) is 0 Å². The fourth-order valence-corrected chi connectivity index (χ4v) is 5.86. The normalized spacial score (nSPS) is 12.2. The molecular formula is C48H48F2N8O13. The summed E-state index contributed by atoms with van der Waals surface area (Å²) in [4.78, 5) is 75.3. The lowest BCUT2D eigenvalue weighted by molar-refractivity contribution is -0.124. The number of hydrogen-bond donors (Lipinski definition) is 11. The van der Waals surface area contributed by atoms with E-state index in [4.69, 9.17) is 43.2 Å². The van der Waals surface area contributed by atoms with Crippen LogP contribution in [0.4, 0.5) is 8.78 Å². The summed E-state index contributed by atoms with van der Waals surface area (Å²) in [6.45, 7) is -1.15. The van der Waals surface area contributed by atoms with Crippen LogP contribution in [0.3, 0.4) is 0 Å². The van der Waals surface area contributed by atoms with Crippen LogP contribution in [-0.4, -0.2) is 96.3 Å². The first kappa shape index (κ1) is 54.9. The fourth-order valence-electron chi connectivity index (χ4n) is 5.86. The second kappa shape index (κ2) is 26.1. The third kappa shape index (κ3) is 17.4. The first-order chi connectivity index (χ1) is 33.6. The number of nitrogens with two attached hydrogens (primary N) is 5. The number of halogens is 2. The number of hydrogen-bond acceptors (Lipinski definition) is 15. The number of nitrogens with one attached hydrogen (secondary N) is 1. The largest absolute Gasteiger partial charge is 0.477 e. The fraction of sp³-hybridized carbons (Fsp3) is 0.167. The number of benzene rings is 4. The number of pyridine rings is 2. The van der Waals surface area contributed by atoms with Crippen LogP contribution in [0.15, 0.2) is 121 Å². The van der Waals surface area contributed by atoms with Crippen LogP contribution in [0.2, 0.25) is 0 Å². The van der Waals surface area contributed by atoms with Crippen molar-refractivity contribution in [1.29, 1.82) is 0 Å². The Morgan fingerprint density at radius 1 is 0.549 bits per heavy atom. The molecule has 0 fully saturated rings.